The molecule has 1 fully saturated rings. The second-order valence-electron chi connectivity index (χ2n) is 8.21. The molecule has 0 atom stereocenters. The number of aromatic nitrogens is 2. The van der Waals surface area contributed by atoms with Gasteiger partial charge in [0.15, 0.2) is 11.6 Å². The van der Waals surface area contributed by atoms with Gasteiger partial charge in [0.1, 0.15) is 6.33 Å². The Bertz CT molecular complexity index is 935. The molecule has 0 unspecified atom stereocenters. The highest BCUT2D eigenvalue weighted by Gasteiger charge is 2.26. The van der Waals surface area contributed by atoms with Crippen LogP contribution in [0.4, 0.5) is 31.0 Å². The average Bonchev–Trinajstić information content (AvgIpc) is 2.75. The Morgan fingerprint density at radius 3 is 2.50 bits per heavy atom. The number of hydrogen-bond donors (Lipinski definition) is 3. The first kappa shape index (κ1) is 23.2. The summed E-state index contributed by atoms with van der Waals surface area (Å²) in [5, 5.41) is 14.3. The third kappa shape index (κ3) is 6.29. The van der Waals surface area contributed by atoms with Crippen LogP contribution in [0.2, 0.25) is 0 Å². The fraction of sp³-hybridized carbons (Fsp3) is 0.455. The molecule has 0 bridgehead atoms. The van der Waals surface area contributed by atoms with Crippen molar-refractivity contribution in [1.82, 2.24) is 9.97 Å². The molecule has 2 amide bonds. The molecule has 0 radical (unpaired) electrons. The molecule has 2 aromatic rings. The summed E-state index contributed by atoms with van der Waals surface area (Å²) < 4.78 is 19.4. The molecule has 3 rings (SSSR count). The molecule has 0 spiro atoms. The van der Waals surface area contributed by atoms with E-state index in [4.69, 9.17) is 5.11 Å². The maximum absolute atomic E-state index is 14.8. The van der Waals surface area contributed by atoms with Crippen LogP contribution in [0.15, 0.2) is 30.9 Å². The highest BCUT2D eigenvalue weighted by molar-refractivity contribution is 6.02. The fourth-order valence-corrected chi connectivity index (χ4v) is 3.93. The molecule has 1 aromatic heterocycles. The van der Waals surface area contributed by atoms with Crippen molar-refractivity contribution in [2.45, 2.75) is 52.0 Å². The topological polar surface area (TPSA) is 117 Å². The Labute approximate surface area is 186 Å². The summed E-state index contributed by atoms with van der Waals surface area (Å²) >= 11 is 0. The van der Waals surface area contributed by atoms with Crippen LogP contribution >= 0.6 is 0 Å². The fourth-order valence-electron chi connectivity index (χ4n) is 3.93. The van der Waals surface area contributed by atoms with E-state index in [-0.39, 0.29) is 17.6 Å². The maximum atomic E-state index is 14.8. The number of nitrogens with one attached hydrogen (secondary N) is 2. The van der Waals surface area contributed by atoms with Gasteiger partial charge < -0.3 is 25.4 Å². The minimum Gasteiger partial charge on any atom is -0.449 e. The normalized spacial score (nSPS) is 14.1. The van der Waals surface area contributed by atoms with Crippen molar-refractivity contribution in [3.63, 3.8) is 0 Å². The van der Waals surface area contributed by atoms with Gasteiger partial charge >= 0.3 is 12.2 Å². The molecule has 172 valence electrons. The summed E-state index contributed by atoms with van der Waals surface area (Å²) in [4.78, 5) is 33.4. The Morgan fingerprint density at radius 2 is 1.88 bits per heavy atom. The zero-order valence-corrected chi connectivity index (χ0v) is 18.2. The van der Waals surface area contributed by atoms with Gasteiger partial charge in [0.05, 0.1) is 29.5 Å². The van der Waals surface area contributed by atoms with Crippen molar-refractivity contribution in [3.05, 3.63) is 36.7 Å². The molecule has 1 saturated carbocycles. The number of amides is 2. The van der Waals surface area contributed by atoms with Crippen LogP contribution in [-0.4, -0.2) is 39.8 Å². The number of carbonyl (C=O) groups excluding carboxylic acids is 1. The van der Waals surface area contributed by atoms with Crippen molar-refractivity contribution in [2.75, 3.05) is 22.1 Å². The van der Waals surface area contributed by atoms with Gasteiger partial charge in [-0.15, -0.1) is 0 Å². The van der Waals surface area contributed by atoms with Crippen LogP contribution in [0, 0.1) is 11.7 Å². The summed E-state index contributed by atoms with van der Waals surface area (Å²) in [6.45, 7) is 4.80. The zero-order valence-electron chi connectivity index (χ0n) is 18.2. The molecule has 9 nitrogen and oxygen atoms in total. The van der Waals surface area contributed by atoms with E-state index in [0.29, 0.717) is 17.9 Å². The van der Waals surface area contributed by atoms with Crippen LogP contribution in [0.25, 0.3) is 0 Å². The van der Waals surface area contributed by atoms with E-state index in [0.717, 1.165) is 25.7 Å². The van der Waals surface area contributed by atoms with Crippen molar-refractivity contribution in [1.29, 1.82) is 0 Å². The van der Waals surface area contributed by atoms with Crippen molar-refractivity contribution >= 4 is 29.2 Å². The van der Waals surface area contributed by atoms with E-state index in [1.165, 1.54) is 37.3 Å². The van der Waals surface area contributed by atoms with E-state index in [1.54, 1.807) is 0 Å². The number of nitrogens with zero attached hydrogens (tertiary/aromatic N) is 3. The quantitative estimate of drug-likeness (QED) is 0.400. The maximum Gasteiger partial charge on any atom is 0.511 e. The van der Waals surface area contributed by atoms with Crippen molar-refractivity contribution in [3.8, 4) is 5.75 Å². The molecule has 3 N–H and O–H groups in total. The summed E-state index contributed by atoms with van der Waals surface area (Å²) in [5.74, 6) is -1.000. The Hall–Kier alpha value is -3.43. The third-order valence-corrected chi connectivity index (χ3v) is 5.20. The molecule has 32 heavy (non-hydrogen) atoms. The summed E-state index contributed by atoms with van der Waals surface area (Å²) in [5.41, 5.74) is 1.12. The van der Waals surface area contributed by atoms with Crippen LogP contribution in [-0.2, 0) is 0 Å². The van der Waals surface area contributed by atoms with Crippen LogP contribution < -0.4 is 20.3 Å². The van der Waals surface area contributed by atoms with Gasteiger partial charge in [-0.1, -0.05) is 33.1 Å². The monoisotopic (exact) mass is 445 g/mol. The highest BCUT2D eigenvalue weighted by atomic mass is 19.1. The first-order valence-electron chi connectivity index (χ1n) is 10.7. The van der Waals surface area contributed by atoms with Gasteiger partial charge in [0, 0.05) is 24.7 Å². The lowest BCUT2D eigenvalue weighted by Gasteiger charge is -2.38. The van der Waals surface area contributed by atoms with E-state index in [1.807, 2.05) is 0 Å². The second-order valence-corrected chi connectivity index (χ2v) is 8.21. The molecular weight excluding hydrogens is 417 g/mol. The standard InChI is InChI=1S/C22H28FN5O4/c1-14(2)12-28(16-6-4-3-5-7-16)19-8-17(23)20(32-22(30)31)9-18(19)27-21(29)26-15-10-24-13-25-11-15/h8-11,13-14,16H,3-7,12H2,1-2H3,(H,30,31)(H2,26,27,29). The number of hydrogen-bond acceptors (Lipinski definition) is 6. The predicted octanol–water partition coefficient (Wildman–Crippen LogP) is 5.11. The number of ether oxygens (including phenoxy) is 1. The van der Waals surface area contributed by atoms with Crippen molar-refractivity contribution in [2.24, 2.45) is 5.92 Å². The number of benzene rings is 1. The lowest BCUT2D eigenvalue weighted by atomic mass is 9.93. The smallest absolute Gasteiger partial charge is 0.449 e. The molecule has 1 aliphatic carbocycles. The predicted molar refractivity (Wildman–Crippen MR) is 119 cm³/mol. The van der Waals surface area contributed by atoms with Gasteiger partial charge in [0.25, 0.3) is 0 Å². The summed E-state index contributed by atoms with van der Waals surface area (Å²) in [7, 11) is 0. The van der Waals surface area contributed by atoms with E-state index < -0.39 is 23.8 Å². The van der Waals surface area contributed by atoms with Gasteiger partial charge in [-0.05, 0) is 18.8 Å². The van der Waals surface area contributed by atoms with Crippen LogP contribution in [0.3, 0.4) is 0 Å². The molecule has 1 aliphatic rings. The number of carboxylic acid groups (broad SMARTS) is 1. The van der Waals surface area contributed by atoms with Gasteiger partial charge in [-0.25, -0.2) is 23.9 Å². The summed E-state index contributed by atoms with van der Waals surface area (Å²) in [6.07, 6.45) is 7.83. The molecule has 0 saturated heterocycles. The number of carbonyl (C=O) groups is 2. The minimum atomic E-state index is -1.64. The Balaban J connectivity index is 1.96. The lowest BCUT2D eigenvalue weighted by Crippen LogP contribution is -2.40. The molecular formula is C22H28FN5O4. The number of anilines is 3. The lowest BCUT2D eigenvalue weighted by molar-refractivity contribution is 0.142. The van der Waals surface area contributed by atoms with Gasteiger partial charge in [-0.2, -0.15) is 0 Å². The molecule has 10 heteroatoms. The number of halogens is 1. The number of rotatable bonds is 7. The van der Waals surface area contributed by atoms with E-state index in [2.05, 4.69) is 44.1 Å². The largest absolute Gasteiger partial charge is 0.511 e. The SMILES string of the molecule is CC(C)CN(c1cc(F)c(OC(=O)O)cc1NC(=O)Nc1cncnc1)C1CCCCC1. The summed E-state index contributed by atoms with van der Waals surface area (Å²) in [6, 6.07) is 2.04. The number of urea groups is 1. The zero-order chi connectivity index (χ0) is 23.1. The minimum absolute atomic E-state index is 0.197. The van der Waals surface area contributed by atoms with Crippen molar-refractivity contribution < 1.29 is 23.8 Å². The van der Waals surface area contributed by atoms with E-state index in [9.17, 15) is 14.0 Å². The third-order valence-electron chi connectivity index (χ3n) is 5.20. The van der Waals surface area contributed by atoms with Gasteiger partial charge in [-0.3, -0.25) is 0 Å². The molecule has 0 aliphatic heterocycles. The van der Waals surface area contributed by atoms with Crippen LogP contribution in [0.5, 0.6) is 5.75 Å². The first-order chi connectivity index (χ1) is 15.3. The van der Waals surface area contributed by atoms with E-state index >= 15 is 0 Å². The molecule has 1 aromatic carbocycles. The Morgan fingerprint density at radius 1 is 1.19 bits per heavy atom. The second kappa shape index (κ2) is 10.7. The molecule has 1 heterocycles. The van der Waals surface area contributed by atoms with Gasteiger partial charge in [0.2, 0.25) is 0 Å². The Kier molecular flexibility index (Phi) is 7.80. The highest BCUT2D eigenvalue weighted by Crippen LogP contribution is 2.37. The van der Waals surface area contributed by atoms with Crippen LogP contribution in [0.1, 0.15) is 46.0 Å². The first-order valence-corrected chi connectivity index (χ1v) is 10.7. The average molecular weight is 445 g/mol.